The minimum atomic E-state index is -0.261. The summed E-state index contributed by atoms with van der Waals surface area (Å²) in [6.07, 6.45) is 2.85. The molecule has 2 fully saturated rings. The zero-order chi connectivity index (χ0) is 17.1. The van der Waals surface area contributed by atoms with Gasteiger partial charge in [-0.25, -0.2) is 0 Å². The molecule has 4 rings (SSSR count). The molecule has 0 saturated carbocycles. The normalized spacial score (nSPS) is 23.7. The lowest BCUT2D eigenvalue weighted by Gasteiger charge is -2.38. The number of piperidine rings is 1. The zero-order valence-corrected chi connectivity index (χ0v) is 15.0. The standard InChI is InChI=1S/C18H23NO5S/c20-17(19-6-2-1-3-14(19)18-23-9-10-24-18)12-25-13-4-5-15-16(11-13)22-8-7-21-15/h4-5,11,14,18H,1-3,6-10,12H2. The van der Waals surface area contributed by atoms with Crippen molar-refractivity contribution in [3.05, 3.63) is 18.2 Å². The molecule has 0 aromatic heterocycles. The van der Waals surface area contributed by atoms with E-state index in [0.717, 1.165) is 42.2 Å². The topological polar surface area (TPSA) is 57.2 Å². The highest BCUT2D eigenvalue weighted by Gasteiger charge is 2.36. The highest BCUT2D eigenvalue weighted by Crippen LogP contribution is 2.34. The smallest absolute Gasteiger partial charge is 0.233 e. The van der Waals surface area contributed by atoms with Crippen LogP contribution in [0.1, 0.15) is 19.3 Å². The minimum Gasteiger partial charge on any atom is -0.486 e. The van der Waals surface area contributed by atoms with Gasteiger partial charge < -0.3 is 23.8 Å². The molecule has 7 heteroatoms. The first kappa shape index (κ1) is 17.0. The SMILES string of the molecule is O=C(CSc1ccc2c(c1)OCCO2)N1CCCCC1C1OCCO1. The zero-order valence-electron chi connectivity index (χ0n) is 14.1. The Morgan fingerprint density at radius 1 is 1.08 bits per heavy atom. The number of likely N-dealkylation sites (tertiary alicyclic amines) is 1. The van der Waals surface area contributed by atoms with Gasteiger partial charge in [0, 0.05) is 11.4 Å². The second-order valence-electron chi connectivity index (χ2n) is 6.35. The number of benzene rings is 1. The third-order valence-electron chi connectivity index (χ3n) is 4.71. The first-order valence-corrected chi connectivity index (χ1v) is 9.85. The molecule has 1 unspecified atom stereocenters. The molecule has 6 nitrogen and oxygen atoms in total. The molecule has 0 N–H and O–H groups in total. The summed E-state index contributed by atoms with van der Waals surface area (Å²) >= 11 is 1.53. The third-order valence-corrected chi connectivity index (χ3v) is 5.69. The number of ether oxygens (including phenoxy) is 4. The van der Waals surface area contributed by atoms with Gasteiger partial charge in [0.2, 0.25) is 5.91 Å². The Hall–Kier alpha value is -1.44. The Kier molecular flexibility index (Phi) is 5.33. The number of hydrogen-bond acceptors (Lipinski definition) is 6. The average Bonchev–Trinajstić information content (AvgIpc) is 3.20. The van der Waals surface area contributed by atoms with E-state index < -0.39 is 0 Å². The molecule has 1 atom stereocenters. The van der Waals surface area contributed by atoms with Crippen molar-refractivity contribution in [2.75, 3.05) is 38.7 Å². The molecule has 1 aromatic rings. The van der Waals surface area contributed by atoms with E-state index in [1.807, 2.05) is 23.1 Å². The van der Waals surface area contributed by atoms with E-state index >= 15 is 0 Å². The Morgan fingerprint density at radius 3 is 2.72 bits per heavy atom. The van der Waals surface area contributed by atoms with Crippen molar-refractivity contribution < 1.29 is 23.7 Å². The first-order valence-electron chi connectivity index (χ1n) is 8.86. The summed E-state index contributed by atoms with van der Waals surface area (Å²) in [5.41, 5.74) is 0. The minimum absolute atomic E-state index is 0.0459. The molecular formula is C18H23NO5S. The lowest BCUT2D eigenvalue weighted by molar-refractivity contribution is -0.148. The first-order chi connectivity index (χ1) is 12.3. The van der Waals surface area contributed by atoms with E-state index in [9.17, 15) is 4.79 Å². The Balaban J connectivity index is 1.37. The molecule has 3 aliphatic rings. The summed E-state index contributed by atoms with van der Waals surface area (Å²) in [4.78, 5) is 15.7. The Bertz CT molecular complexity index is 619. The second kappa shape index (κ2) is 7.85. The molecule has 1 amide bonds. The molecular weight excluding hydrogens is 342 g/mol. The number of rotatable bonds is 4. The van der Waals surface area contributed by atoms with E-state index in [2.05, 4.69) is 0 Å². The summed E-state index contributed by atoms with van der Waals surface area (Å²) in [6, 6.07) is 5.88. The Labute approximate surface area is 151 Å². The number of fused-ring (bicyclic) bond motifs is 1. The maximum Gasteiger partial charge on any atom is 0.233 e. The van der Waals surface area contributed by atoms with Crippen molar-refractivity contribution in [1.82, 2.24) is 4.90 Å². The molecule has 3 heterocycles. The third kappa shape index (κ3) is 3.88. The van der Waals surface area contributed by atoms with Crippen molar-refractivity contribution in [2.45, 2.75) is 36.5 Å². The van der Waals surface area contributed by atoms with E-state index in [4.69, 9.17) is 18.9 Å². The van der Waals surface area contributed by atoms with Crippen LogP contribution in [0.15, 0.2) is 23.1 Å². The molecule has 0 bridgehead atoms. The highest BCUT2D eigenvalue weighted by atomic mass is 32.2. The van der Waals surface area contributed by atoms with Gasteiger partial charge in [-0.15, -0.1) is 11.8 Å². The van der Waals surface area contributed by atoms with Gasteiger partial charge in [0.25, 0.3) is 0 Å². The van der Waals surface area contributed by atoms with Crippen LogP contribution in [0.5, 0.6) is 11.5 Å². The lowest BCUT2D eigenvalue weighted by atomic mass is 10.0. The van der Waals surface area contributed by atoms with E-state index in [0.29, 0.717) is 32.2 Å². The maximum atomic E-state index is 12.8. The highest BCUT2D eigenvalue weighted by molar-refractivity contribution is 8.00. The van der Waals surface area contributed by atoms with Crippen LogP contribution in [0, 0.1) is 0 Å². The van der Waals surface area contributed by atoms with Gasteiger partial charge in [0.15, 0.2) is 17.8 Å². The largest absolute Gasteiger partial charge is 0.486 e. The van der Waals surface area contributed by atoms with Crippen molar-refractivity contribution in [3.8, 4) is 11.5 Å². The van der Waals surface area contributed by atoms with Crippen molar-refractivity contribution in [2.24, 2.45) is 0 Å². The molecule has 2 saturated heterocycles. The number of thioether (sulfide) groups is 1. The lowest BCUT2D eigenvalue weighted by Crippen LogP contribution is -2.50. The van der Waals surface area contributed by atoms with Crippen molar-refractivity contribution in [3.63, 3.8) is 0 Å². The fourth-order valence-electron chi connectivity index (χ4n) is 3.49. The van der Waals surface area contributed by atoms with Crippen molar-refractivity contribution >= 4 is 17.7 Å². The molecule has 0 radical (unpaired) electrons. The van der Waals surface area contributed by atoms with Crippen LogP contribution >= 0.6 is 11.8 Å². The maximum absolute atomic E-state index is 12.8. The molecule has 136 valence electrons. The molecule has 0 aliphatic carbocycles. The average molecular weight is 365 g/mol. The van der Waals surface area contributed by atoms with E-state index in [1.54, 1.807) is 0 Å². The predicted octanol–water partition coefficient (Wildman–Crippen LogP) is 2.30. The van der Waals surface area contributed by atoms with Gasteiger partial charge >= 0.3 is 0 Å². The second-order valence-corrected chi connectivity index (χ2v) is 7.40. The van der Waals surface area contributed by atoms with Crippen LogP contribution in [0.25, 0.3) is 0 Å². The number of nitrogens with zero attached hydrogens (tertiary/aromatic N) is 1. The van der Waals surface area contributed by atoms with E-state index in [1.165, 1.54) is 11.8 Å². The van der Waals surface area contributed by atoms with Crippen LogP contribution in [0.2, 0.25) is 0 Å². The van der Waals surface area contributed by atoms with Gasteiger partial charge in [-0.2, -0.15) is 0 Å². The molecule has 0 spiro atoms. The Morgan fingerprint density at radius 2 is 1.88 bits per heavy atom. The van der Waals surface area contributed by atoms with Gasteiger partial charge in [0.05, 0.1) is 25.0 Å². The predicted molar refractivity (Wildman–Crippen MR) is 93.2 cm³/mol. The monoisotopic (exact) mass is 365 g/mol. The van der Waals surface area contributed by atoms with Gasteiger partial charge in [-0.1, -0.05) is 0 Å². The van der Waals surface area contributed by atoms with Gasteiger partial charge in [0.1, 0.15) is 13.2 Å². The quantitative estimate of drug-likeness (QED) is 0.763. The fourth-order valence-corrected chi connectivity index (χ4v) is 4.30. The summed E-state index contributed by atoms with van der Waals surface area (Å²) < 4.78 is 22.4. The van der Waals surface area contributed by atoms with Crippen LogP contribution < -0.4 is 9.47 Å². The molecule has 1 aromatic carbocycles. The fraction of sp³-hybridized carbons (Fsp3) is 0.611. The van der Waals surface area contributed by atoms with Gasteiger partial charge in [-0.3, -0.25) is 4.79 Å². The summed E-state index contributed by atoms with van der Waals surface area (Å²) in [5, 5.41) is 0. The van der Waals surface area contributed by atoms with Crippen LogP contribution in [-0.2, 0) is 14.3 Å². The molecule has 3 aliphatic heterocycles. The number of amides is 1. The molecule has 25 heavy (non-hydrogen) atoms. The number of hydrogen-bond donors (Lipinski definition) is 0. The van der Waals surface area contributed by atoms with Gasteiger partial charge in [-0.05, 0) is 37.5 Å². The summed E-state index contributed by atoms with van der Waals surface area (Å²) in [5.74, 6) is 2.08. The van der Waals surface area contributed by atoms with E-state index in [-0.39, 0.29) is 18.2 Å². The number of carbonyl (C=O) groups is 1. The van der Waals surface area contributed by atoms with Crippen molar-refractivity contribution in [1.29, 1.82) is 0 Å². The summed E-state index contributed by atoms with van der Waals surface area (Å²) in [7, 11) is 0. The summed E-state index contributed by atoms with van der Waals surface area (Å²) in [6.45, 7) is 3.18. The van der Waals surface area contributed by atoms with Crippen LogP contribution in [0.3, 0.4) is 0 Å². The number of carbonyl (C=O) groups excluding carboxylic acids is 1. The van der Waals surface area contributed by atoms with Crippen LogP contribution in [0.4, 0.5) is 0 Å². The van der Waals surface area contributed by atoms with Crippen LogP contribution in [-0.4, -0.2) is 61.9 Å².